The zero-order valence-electron chi connectivity index (χ0n) is 16.5. The lowest BCUT2D eigenvalue weighted by molar-refractivity contribution is -0.198. The van der Waals surface area contributed by atoms with Gasteiger partial charge in [-0.2, -0.15) is 0 Å². The van der Waals surface area contributed by atoms with Gasteiger partial charge in [0.05, 0.1) is 0 Å². The molecule has 0 aromatic rings. The van der Waals surface area contributed by atoms with E-state index in [-0.39, 0.29) is 12.8 Å². The summed E-state index contributed by atoms with van der Waals surface area (Å²) in [7, 11) is 0. The van der Waals surface area contributed by atoms with Crippen LogP contribution in [0.3, 0.4) is 0 Å². The molecule has 1 saturated heterocycles. The molecule has 2 atom stereocenters. The number of rotatable bonds is 8. The van der Waals surface area contributed by atoms with Gasteiger partial charge >= 0.3 is 5.97 Å². The largest absolute Gasteiger partial charge is 0.354 e. The van der Waals surface area contributed by atoms with Crippen LogP contribution in [0.4, 0.5) is 0 Å². The van der Waals surface area contributed by atoms with Gasteiger partial charge in [0.15, 0.2) is 6.17 Å². The molecule has 0 bridgehead atoms. The average Bonchev–Trinajstić information content (AvgIpc) is 3.04. The second-order valence-electron chi connectivity index (χ2n) is 6.12. The van der Waals surface area contributed by atoms with Crippen molar-refractivity contribution in [1.29, 1.82) is 0 Å². The molecule has 1 fully saturated rings. The van der Waals surface area contributed by atoms with Crippen LogP contribution in [0.25, 0.3) is 0 Å². The molecular weight excluding hydrogens is 414 g/mol. The molecule has 1 aliphatic heterocycles. The van der Waals surface area contributed by atoms with Crippen LogP contribution in [0, 0.1) is 24.7 Å². The first-order chi connectivity index (χ1) is 14.5. The summed E-state index contributed by atoms with van der Waals surface area (Å²) in [5.74, 6) is -3.06. The fourth-order valence-corrected chi connectivity index (χ4v) is 2.10. The third-order valence-corrected chi connectivity index (χ3v) is 3.73. The Hall–Kier alpha value is -4.39. The Kier molecular flexibility index (Phi) is 8.72. The SMILES string of the molecule is C#CC(=O)NC(NC(=O)C#C)C(=O)N[C@@H](C)C(=O)NC(C)C(=O)ON1C(=O)CCC1=O. The number of hydroxylamine groups is 2. The van der Waals surface area contributed by atoms with Crippen LogP contribution in [0.15, 0.2) is 0 Å². The molecule has 13 heteroatoms. The van der Waals surface area contributed by atoms with E-state index in [0.29, 0.717) is 5.06 Å². The third kappa shape index (κ3) is 7.17. The molecule has 0 saturated carbocycles. The minimum absolute atomic E-state index is 0.0937. The maximum Gasteiger partial charge on any atom is 0.354 e. The zero-order valence-corrected chi connectivity index (χ0v) is 16.5. The Morgan fingerprint density at radius 1 is 0.839 bits per heavy atom. The molecule has 0 aromatic heterocycles. The molecule has 0 aliphatic carbocycles. The smallest absolute Gasteiger partial charge is 0.341 e. The average molecular weight is 433 g/mol. The Bertz CT molecular complexity index is 856. The molecule has 164 valence electrons. The third-order valence-electron chi connectivity index (χ3n) is 3.73. The van der Waals surface area contributed by atoms with Crippen molar-refractivity contribution >= 4 is 41.4 Å². The van der Waals surface area contributed by atoms with E-state index in [0.717, 1.165) is 0 Å². The van der Waals surface area contributed by atoms with Gasteiger partial charge in [0.2, 0.25) is 5.91 Å². The fourth-order valence-electron chi connectivity index (χ4n) is 2.10. The summed E-state index contributed by atoms with van der Waals surface area (Å²) >= 11 is 0. The zero-order chi connectivity index (χ0) is 23.7. The maximum atomic E-state index is 12.3. The second kappa shape index (κ2) is 11.0. The van der Waals surface area contributed by atoms with Crippen LogP contribution in [0.1, 0.15) is 26.7 Å². The van der Waals surface area contributed by atoms with Gasteiger partial charge < -0.3 is 26.1 Å². The Morgan fingerprint density at radius 2 is 1.29 bits per heavy atom. The van der Waals surface area contributed by atoms with Crippen LogP contribution in [0.2, 0.25) is 0 Å². The van der Waals surface area contributed by atoms with Gasteiger partial charge in [-0.1, -0.05) is 0 Å². The summed E-state index contributed by atoms with van der Waals surface area (Å²) < 4.78 is 0. The number of hydrogen-bond donors (Lipinski definition) is 4. The number of nitrogens with zero attached hydrogens (tertiary/aromatic N) is 1. The number of imide groups is 1. The fraction of sp³-hybridized carbons (Fsp3) is 0.389. The molecule has 1 aliphatic rings. The molecule has 0 radical (unpaired) electrons. The van der Waals surface area contributed by atoms with Crippen molar-refractivity contribution in [3.63, 3.8) is 0 Å². The van der Waals surface area contributed by atoms with E-state index in [2.05, 4.69) is 15.5 Å². The lowest BCUT2D eigenvalue weighted by Crippen LogP contribution is -2.59. The van der Waals surface area contributed by atoms with Gasteiger partial charge in [-0.25, -0.2) is 4.79 Å². The minimum atomic E-state index is -1.67. The summed E-state index contributed by atoms with van der Waals surface area (Å²) in [6, 6.07) is -2.54. The molecule has 6 amide bonds. The van der Waals surface area contributed by atoms with E-state index in [1.165, 1.54) is 13.8 Å². The predicted octanol–water partition coefficient (Wildman–Crippen LogP) is -3.57. The van der Waals surface area contributed by atoms with Gasteiger partial charge in [0, 0.05) is 12.8 Å². The summed E-state index contributed by atoms with van der Waals surface area (Å²) in [6.07, 6.45) is 7.93. The normalized spacial score (nSPS) is 14.5. The van der Waals surface area contributed by atoms with Crippen molar-refractivity contribution in [1.82, 2.24) is 26.3 Å². The summed E-state index contributed by atoms with van der Waals surface area (Å²) in [5.41, 5.74) is 0. The molecule has 31 heavy (non-hydrogen) atoms. The van der Waals surface area contributed by atoms with Crippen LogP contribution < -0.4 is 21.3 Å². The molecule has 13 nitrogen and oxygen atoms in total. The van der Waals surface area contributed by atoms with E-state index in [1.54, 1.807) is 11.8 Å². The lowest BCUT2D eigenvalue weighted by atomic mass is 10.2. The monoisotopic (exact) mass is 433 g/mol. The standard InChI is InChI=1S/C18H19N5O8/c1-5-11(24)21-15(22-12(25)6-2)17(29)19-9(3)16(28)20-10(4)18(30)31-23-13(26)7-8-14(23)27/h1-2,9-10,15H,7-8H2,3-4H3,(H,19,29)(H,20,28)(H,21,24)(H,22,25)/t9-,10?/m0/s1. The quantitative estimate of drug-likeness (QED) is 0.172. The van der Waals surface area contributed by atoms with E-state index in [9.17, 15) is 33.6 Å². The van der Waals surface area contributed by atoms with Gasteiger partial charge in [-0.3, -0.25) is 28.8 Å². The molecule has 1 heterocycles. The summed E-state index contributed by atoms with van der Waals surface area (Å²) in [6.45, 7) is 2.46. The molecule has 0 spiro atoms. The predicted molar refractivity (Wildman–Crippen MR) is 100 cm³/mol. The minimum Gasteiger partial charge on any atom is -0.341 e. The highest BCUT2D eigenvalue weighted by atomic mass is 16.7. The summed E-state index contributed by atoms with van der Waals surface area (Å²) in [5, 5.41) is 8.71. The Labute approximate surface area is 176 Å². The first kappa shape index (κ1) is 24.6. The number of carbonyl (C=O) groups is 7. The first-order valence-electron chi connectivity index (χ1n) is 8.72. The summed E-state index contributed by atoms with van der Waals surface area (Å²) in [4.78, 5) is 86.7. The first-order valence-corrected chi connectivity index (χ1v) is 8.72. The van der Waals surface area contributed by atoms with E-state index < -0.39 is 59.7 Å². The Balaban J connectivity index is 2.67. The second-order valence-corrected chi connectivity index (χ2v) is 6.12. The molecule has 0 aromatic carbocycles. The highest BCUT2D eigenvalue weighted by Crippen LogP contribution is 2.12. The number of amides is 6. The number of nitrogens with one attached hydrogen (secondary N) is 4. The maximum absolute atomic E-state index is 12.3. The molecule has 4 N–H and O–H groups in total. The van der Waals surface area contributed by atoms with Gasteiger partial charge in [0.1, 0.15) is 12.1 Å². The van der Waals surface area contributed by atoms with Crippen molar-refractivity contribution in [2.24, 2.45) is 0 Å². The van der Waals surface area contributed by atoms with E-state index >= 15 is 0 Å². The van der Waals surface area contributed by atoms with Gasteiger partial charge in [-0.05, 0) is 25.7 Å². The van der Waals surface area contributed by atoms with Crippen LogP contribution in [-0.4, -0.2) is 64.7 Å². The Morgan fingerprint density at radius 3 is 1.74 bits per heavy atom. The van der Waals surface area contributed by atoms with Crippen LogP contribution in [0.5, 0.6) is 0 Å². The van der Waals surface area contributed by atoms with E-state index in [1.807, 2.05) is 10.6 Å². The van der Waals surface area contributed by atoms with Crippen molar-refractivity contribution in [3.8, 4) is 24.7 Å². The van der Waals surface area contributed by atoms with Crippen LogP contribution in [-0.2, 0) is 38.4 Å². The molecule has 1 unspecified atom stereocenters. The number of carbonyl (C=O) groups excluding carboxylic acids is 7. The highest BCUT2D eigenvalue weighted by Gasteiger charge is 2.34. The van der Waals surface area contributed by atoms with Crippen molar-refractivity contribution < 1.29 is 38.4 Å². The van der Waals surface area contributed by atoms with Crippen molar-refractivity contribution in [3.05, 3.63) is 0 Å². The number of terminal acetylenes is 2. The van der Waals surface area contributed by atoms with Gasteiger partial charge in [-0.15, -0.1) is 17.9 Å². The lowest BCUT2D eigenvalue weighted by Gasteiger charge is -2.22. The van der Waals surface area contributed by atoms with Gasteiger partial charge in [0.25, 0.3) is 29.5 Å². The molecule has 1 rings (SSSR count). The molecular formula is C18H19N5O8. The van der Waals surface area contributed by atoms with E-state index in [4.69, 9.17) is 12.8 Å². The topological polar surface area (TPSA) is 180 Å². The number of hydrogen-bond acceptors (Lipinski definition) is 8. The highest BCUT2D eigenvalue weighted by molar-refractivity contribution is 6.02. The van der Waals surface area contributed by atoms with Crippen molar-refractivity contribution in [2.75, 3.05) is 0 Å². The van der Waals surface area contributed by atoms with Crippen molar-refractivity contribution in [2.45, 2.75) is 44.9 Å². The van der Waals surface area contributed by atoms with Crippen LogP contribution >= 0.6 is 0 Å².